The number of amides is 1. The monoisotopic (exact) mass is 274 g/mol. The van der Waals surface area contributed by atoms with Crippen LogP contribution in [0.3, 0.4) is 0 Å². The first-order valence-electron chi connectivity index (χ1n) is 7.29. The summed E-state index contributed by atoms with van der Waals surface area (Å²) in [7, 11) is 0. The molecule has 0 spiro atoms. The van der Waals surface area contributed by atoms with Crippen molar-refractivity contribution in [1.82, 2.24) is 15.1 Å². The molecule has 0 aromatic heterocycles. The lowest BCUT2D eigenvalue weighted by Gasteiger charge is -2.43. The smallest absolute Gasteiger partial charge is 0.249 e. The third kappa shape index (κ3) is 2.85. The molecule has 2 heterocycles. The first-order valence-corrected chi connectivity index (χ1v) is 7.29. The van der Waals surface area contributed by atoms with Crippen LogP contribution in [0.5, 0.6) is 0 Å². The second kappa shape index (κ2) is 5.91. The average Bonchev–Trinajstić information content (AvgIpc) is 2.39. The fraction of sp³-hybridized carbons (Fsp3) is 0.533. The Labute approximate surface area is 119 Å². The average molecular weight is 274 g/mol. The minimum absolute atomic E-state index is 0.334. The Morgan fingerprint density at radius 3 is 2.50 bits per heavy atom. The number of hydrogen-bond donors (Lipinski definition) is 2. The van der Waals surface area contributed by atoms with Crippen LogP contribution in [0, 0.1) is 0 Å². The van der Waals surface area contributed by atoms with Gasteiger partial charge in [-0.1, -0.05) is 18.2 Å². The Balaban J connectivity index is 1.58. The van der Waals surface area contributed by atoms with E-state index in [0.29, 0.717) is 5.56 Å². The maximum absolute atomic E-state index is 11.4. The van der Waals surface area contributed by atoms with Gasteiger partial charge in [0.2, 0.25) is 5.91 Å². The van der Waals surface area contributed by atoms with E-state index < -0.39 is 0 Å². The minimum atomic E-state index is -0.334. The lowest BCUT2D eigenvalue weighted by atomic mass is 10.1. The summed E-state index contributed by atoms with van der Waals surface area (Å²) in [6.45, 7) is 7.42. The number of carbonyl (C=O) groups excluding carboxylic acids is 1. The molecule has 108 valence electrons. The normalized spacial score (nSPS) is 21.6. The lowest BCUT2D eigenvalue weighted by molar-refractivity contribution is 0.0693. The predicted molar refractivity (Wildman–Crippen MR) is 78.5 cm³/mol. The van der Waals surface area contributed by atoms with Crippen LogP contribution in [0.1, 0.15) is 15.9 Å². The zero-order valence-corrected chi connectivity index (χ0v) is 11.7. The van der Waals surface area contributed by atoms with E-state index in [4.69, 9.17) is 5.73 Å². The molecule has 2 saturated heterocycles. The summed E-state index contributed by atoms with van der Waals surface area (Å²) in [4.78, 5) is 16.4. The van der Waals surface area contributed by atoms with E-state index in [9.17, 15) is 4.79 Å². The van der Waals surface area contributed by atoms with Gasteiger partial charge in [-0.15, -0.1) is 0 Å². The van der Waals surface area contributed by atoms with Crippen LogP contribution in [-0.4, -0.2) is 61.0 Å². The largest absolute Gasteiger partial charge is 0.366 e. The number of nitrogens with two attached hydrogens (primary N) is 1. The van der Waals surface area contributed by atoms with Gasteiger partial charge in [0.1, 0.15) is 0 Å². The third-order valence-electron chi connectivity index (χ3n) is 4.36. The number of piperazine rings is 1. The molecular formula is C15H22N4O. The van der Waals surface area contributed by atoms with Gasteiger partial charge in [0.25, 0.3) is 0 Å². The summed E-state index contributed by atoms with van der Waals surface area (Å²) in [5.74, 6) is -0.334. The molecule has 5 nitrogen and oxygen atoms in total. The van der Waals surface area contributed by atoms with Crippen LogP contribution in [-0.2, 0) is 6.54 Å². The number of hydrogen-bond acceptors (Lipinski definition) is 4. The van der Waals surface area contributed by atoms with Crippen molar-refractivity contribution < 1.29 is 4.79 Å². The van der Waals surface area contributed by atoms with E-state index in [1.54, 1.807) is 0 Å². The highest BCUT2D eigenvalue weighted by molar-refractivity contribution is 5.94. The van der Waals surface area contributed by atoms with Gasteiger partial charge < -0.3 is 11.1 Å². The molecule has 3 rings (SSSR count). The van der Waals surface area contributed by atoms with E-state index in [0.717, 1.165) is 57.4 Å². The van der Waals surface area contributed by atoms with E-state index in [1.807, 2.05) is 24.3 Å². The van der Waals surface area contributed by atoms with Crippen molar-refractivity contribution >= 4 is 5.91 Å². The van der Waals surface area contributed by atoms with Gasteiger partial charge in [-0.2, -0.15) is 0 Å². The molecule has 1 aromatic carbocycles. The Bertz CT molecular complexity index is 479. The molecule has 1 amide bonds. The van der Waals surface area contributed by atoms with Crippen molar-refractivity contribution in [3.05, 3.63) is 35.4 Å². The van der Waals surface area contributed by atoms with Crippen molar-refractivity contribution in [3.8, 4) is 0 Å². The molecule has 5 heteroatoms. The van der Waals surface area contributed by atoms with Crippen molar-refractivity contribution in [1.29, 1.82) is 0 Å². The minimum Gasteiger partial charge on any atom is -0.366 e. The number of carbonyl (C=O) groups is 1. The van der Waals surface area contributed by atoms with Gasteiger partial charge in [-0.05, 0) is 11.6 Å². The van der Waals surface area contributed by atoms with Gasteiger partial charge in [-0.25, -0.2) is 0 Å². The highest BCUT2D eigenvalue weighted by Gasteiger charge is 2.27. The molecule has 2 fully saturated rings. The van der Waals surface area contributed by atoms with E-state index in [2.05, 4.69) is 15.1 Å². The Morgan fingerprint density at radius 1 is 1.20 bits per heavy atom. The summed E-state index contributed by atoms with van der Waals surface area (Å²) in [6.07, 6.45) is 0. The topological polar surface area (TPSA) is 61.6 Å². The predicted octanol–water partition coefficient (Wildman–Crippen LogP) is -0.125. The van der Waals surface area contributed by atoms with Gasteiger partial charge in [0, 0.05) is 57.4 Å². The lowest BCUT2D eigenvalue weighted by Crippen LogP contribution is -2.61. The number of rotatable bonds is 4. The van der Waals surface area contributed by atoms with Crippen LogP contribution < -0.4 is 11.1 Å². The molecular weight excluding hydrogens is 252 g/mol. The Kier molecular flexibility index (Phi) is 4.00. The summed E-state index contributed by atoms with van der Waals surface area (Å²) < 4.78 is 0. The van der Waals surface area contributed by atoms with Crippen molar-refractivity contribution in [2.45, 2.75) is 12.6 Å². The number of nitrogens with zero attached hydrogens (tertiary/aromatic N) is 2. The molecule has 2 aliphatic heterocycles. The molecule has 1 aromatic rings. The molecule has 0 radical (unpaired) electrons. The Morgan fingerprint density at radius 2 is 1.90 bits per heavy atom. The summed E-state index contributed by atoms with van der Waals surface area (Å²) >= 11 is 0. The maximum atomic E-state index is 11.4. The fourth-order valence-electron chi connectivity index (χ4n) is 2.96. The van der Waals surface area contributed by atoms with E-state index >= 15 is 0 Å². The molecule has 0 saturated carbocycles. The second-order valence-corrected chi connectivity index (χ2v) is 5.65. The summed E-state index contributed by atoms with van der Waals surface area (Å²) in [5, 5.41) is 3.32. The third-order valence-corrected chi connectivity index (χ3v) is 4.36. The van der Waals surface area contributed by atoms with Gasteiger partial charge in [0.05, 0.1) is 0 Å². The first kappa shape index (κ1) is 13.5. The van der Waals surface area contributed by atoms with Crippen molar-refractivity contribution in [3.63, 3.8) is 0 Å². The zero-order chi connectivity index (χ0) is 13.9. The molecule has 20 heavy (non-hydrogen) atoms. The summed E-state index contributed by atoms with van der Waals surface area (Å²) in [6, 6.07) is 8.38. The molecule has 3 N–H and O–H groups in total. The van der Waals surface area contributed by atoms with Crippen LogP contribution in [0.15, 0.2) is 24.3 Å². The van der Waals surface area contributed by atoms with Crippen molar-refractivity contribution in [2.24, 2.45) is 5.73 Å². The van der Waals surface area contributed by atoms with Crippen LogP contribution in [0.2, 0.25) is 0 Å². The fourth-order valence-corrected chi connectivity index (χ4v) is 2.96. The van der Waals surface area contributed by atoms with Crippen molar-refractivity contribution in [2.75, 3.05) is 39.3 Å². The maximum Gasteiger partial charge on any atom is 0.249 e. The van der Waals surface area contributed by atoms with Crippen LogP contribution in [0.25, 0.3) is 0 Å². The number of primary amides is 1. The second-order valence-electron chi connectivity index (χ2n) is 5.65. The highest BCUT2D eigenvalue weighted by Crippen LogP contribution is 2.15. The summed E-state index contributed by atoms with van der Waals surface area (Å²) in [5.41, 5.74) is 7.13. The number of benzene rings is 1. The van der Waals surface area contributed by atoms with E-state index in [-0.39, 0.29) is 5.91 Å². The molecule has 2 aliphatic rings. The molecule has 0 unspecified atom stereocenters. The van der Waals surface area contributed by atoms with E-state index in [1.165, 1.54) is 0 Å². The SMILES string of the molecule is NC(=O)c1ccccc1CN1CCN(C2CNC2)CC1. The van der Waals surface area contributed by atoms with Crippen LogP contribution in [0.4, 0.5) is 0 Å². The molecule has 0 aliphatic carbocycles. The van der Waals surface area contributed by atoms with Gasteiger partial charge >= 0.3 is 0 Å². The Hall–Kier alpha value is -1.43. The zero-order valence-electron chi connectivity index (χ0n) is 11.7. The van der Waals surface area contributed by atoms with Gasteiger partial charge in [0.15, 0.2) is 0 Å². The van der Waals surface area contributed by atoms with Crippen LogP contribution >= 0.6 is 0 Å². The highest BCUT2D eigenvalue weighted by atomic mass is 16.1. The standard InChI is InChI=1S/C15H22N4O/c16-15(20)14-4-2-1-3-12(14)11-18-5-7-19(8-6-18)13-9-17-10-13/h1-4,13,17H,5-11H2,(H2,16,20). The van der Waals surface area contributed by atoms with Gasteiger partial charge in [-0.3, -0.25) is 14.6 Å². The quantitative estimate of drug-likeness (QED) is 0.803. The molecule has 0 atom stereocenters. The number of nitrogens with one attached hydrogen (secondary N) is 1. The first-order chi connectivity index (χ1) is 9.74. The molecule has 0 bridgehead atoms.